The Hall–Kier alpha value is -3.63. The molecular formula is C25H27N5O4S. The predicted molar refractivity (Wildman–Crippen MR) is 137 cm³/mol. The van der Waals surface area contributed by atoms with E-state index >= 15 is 0 Å². The molecule has 2 N–H and O–H groups in total. The third-order valence-electron chi connectivity index (χ3n) is 5.32. The molecule has 2 amide bonds. The van der Waals surface area contributed by atoms with Crippen LogP contribution in [0.2, 0.25) is 0 Å². The van der Waals surface area contributed by atoms with E-state index in [1.807, 2.05) is 24.6 Å². The number of esters is 1. The first-order valence-corrected chi connectivity index (χ1v) is 12.5. The van der Waals surface area contributed by atoms with Crippen molar-refractivity contribution in [2.75, 3.05) is 54.7 Å². The number of anilines is 3. The number of benzene rings is 2. The maximum atomic E-state index is 12.4. The number of nitrogens with one attached hydrogen (secondary N) is 2. The molecule has 0 aliphatic carbocycles. The summed E-state index contributed by atoms with van der Waals surface area (Å²) in [5.74, 6) is 1.15. The summed E-state index contributed by atoms with van der Waals surface area (Å²) >= 11 is 1.62. The number of ether oxygens (including phenoxy) is 2. The molecule has 3 aromatic rings. The van der Waals surface area contributed by atoms with Crippen LogP contribution in [0.3, 0.4) is 0 Å². The second-order valence-electron chi connectivity index (χ2n) is 7.64. The molecule has 0 unspecified atom stereocenters. The summed E-state index contributed by atoms with van der Waals surface area (Å²) in [5.41, 5.74) is 2.47. The Morgan fingerprint density at radius 3 is 2.26 bits per heavy atom. The number of hydrogen-bond donors (Lipinski definition) is 2. The summed E-state index contributed by atoms with van der Waals surface area (Å²) in [6.45, 7) is 5.03. The minimum absolute atomic E-state index is 0.310. The highest BCUT2D eigenvalue weighted by Gasteiger charge is 2.18. The first kappa shape index (κ1) is 24.5. The summed E-state index contributed by atoms with van der Waals surface area (Å²) in [6.07, 6.45) is 3.87. The zero-order valence-corrected chi connectivity index (χ0v) is 20.4. The molecule has 1 aromatic heterocycles. The van der Waals surface area contributed by atoms with Gasteiger partial charge in [0.1, 0.15) is 5.82 Å². The van der Waals surface area contributed by atoms with E-state index in [1.54, 1.807) is 55.1 Å². The molecule has 182 valence electrons. The minimum atomic E-state index is -0.396. The van der Waals surface area contributed by atoms with Gasteiger partial charge in [-0.3, -0.25) is 0 Å². The van der Waals surface area contributed by atoms with Gasteiger partial charge in [0, 0.05) is 36.2 Å². The van der Waals surface area contributed by atoms with Crippen LogP contribution >= 0.6 is 11.8 Å². The van der Waals surface area contributed by atoms with Gasteiger partial charge in [0.05, 0.1) is 30.3 Å². The van der Waals surface area contributed by atoms with Crippen LogP contribution in [0, 0.1) is 0 Å². The van der Waals surface area contributed by atoms with Gasteiger partial charge in [-0.05, 0) is 61.7 Å². The normalized spacial score (nSPS) is 13.3. The lowest BCUT2D eigenvalue weighted by molar-refractivity contribution is 0.0526. The first-order valence-electron chi connectivity index (χ1n) is 11.3. The van der Waals surface area contributed by atoms with E-state index in [9.17, 15) is 9.59 Å². The molecule has 0 radical (unpaired) electrons. The van der Waals surface area contributed by atoms with Gasteiger partial charge in [-0.15, -0.1) is 11.8 Å². The van der Waals surface area contributed by atoms with Crippen molar-refractivity contribution in [3.63, 3.8) is 0 Å². The van der Waals surface area contributed by atoms with Crippen LogP contribution in [-0.2, 0) is 9.47 Å². The highest BCUT2D eigenvalue weighted by molar-refractivity contribution is 7.98. The van der Waals surface area contributed by atoms with E-state index in [1.165, 1.54) is 0 Å². The molecule has 1 aliphatic rings. The second kappa shape index (κ2) is 11.7. The monoisotopic (exact) mass is 493 g/mol. The molecule has 2 heterocycles. The number of thioether (sulfide) groups is 1. The molecule has 10 heteroatoms. The lowest BCUT2D eigenvalue weighted by Gasteiger charge is -2.29. The maximum Gasteiger partial charge on any atom is 0.338 e. The van der Waals surface area contributed by atoms with E-state index in [0.717, 1.165) is 29.4 Å². The van der Waals surface area contributed by atoms with E-state index < -0.39 is 12.0 Å². The fraction of sp³-hybridized carbons (Fsp3) is 0.280. The predicted octanol–water partition coefficient (Wildman–Crippen LogP) is 4.52. The quantitative estimate of drug-likeness (QED) is 0.366. The third-order valence-corrected chi connectivity index (χ3v) is 6.05. The van der Waals surface area contributed by atoms with Gasteiger partial charge >= 0.3 is 12.0 Å². The third kappa shape index (κ3) is 6.28. The number of urea groups is 1. The van der Waals surface area contributed by atoms with Gasteiger partial charge in [0.2, 0.25) is 0 Å². The second-order valence-corrected chi connectivity index (χ2v) is 8.49. The molecule has 1 aliphatic heterocycles. The number of aromatic nitrogens is 2. The summed E-state index contributed by atoms with van der Waals surface area (Å²) in [7, 11) is 0. The molecule has 1 saturated heterocycles. The van der Waals surface area contributed by atoms with Crippen LogP contribution in [0.15, 0.2) is 59.6 Å². The molecule has 35 heavy (non-hydrogen) atoms. The molecule has 9 nitrogen and oxygen atoms in total. The number of carbonyl (C=O) groups is 2. The van der Waals surface area contributed by atoms with Gasteiger partial charge in [0.25, 0.3) is 0 Å². The number of amides is 2. The highest BCUT2D eigenvalue weighted by Crippen LogP contribution is 2.29. The SMILES string of the molecule is CCOC(=O)c1ccc(NC(=O)Nc2ccc(-c3ncc(SC)c(N4CCOCC4)n3)cc2)cc1. The van der Waals surface area contributed by atoms with E-state index in [0.29, 0.717) is 42.6 Å². The van der Waals surface area contributed by atoms with E-state index in [4.69, 9.17) is 14.5 Å². The average molecular weight is 494 g/mol. The Balaban J connectivity index is 1.40. The standard InChI is InChI=1S/C25H27N5O4S/c1-3-34-24(31)18-6-10-20(11-7-18)28-25(32)27-19-8-4-17(5-9-19)22-26-16-21(35-2)23(29-22)30-12-14-33-15-13-30/h4-11,16H,3,12-15H2,1-2H3,(H2,27,28,32). The molecule has 0 saturated carbocycles. The highest BCUT2D eigenvalue weighted by atomic mass is 32.2. The Labute approximate surface area is 208 Å². The zero-order valence-electron chi connectivity index (χ0n) is 19.6. The van der Waals surface area contributed by atoms with Crippen molar-refractivity contribution >= 4 is 41.0 Å². The lowest BCUT2D eigenvalue weighted by Crippen LogP contribution is -2.37. The van der Waals surface area contributed by atoms with Crippen molar-refractivity contribution in [1.82, 2.24) is 9.97 Å². The number of nitrogens with zero attached hydrogens (tertiary/aromatic N) is 3. The Morgan fingerprint density at radius 2 is 1.66 bits per heavy atom. The van der Waals surface area contributed by atoms with Crippen molar-refractivity contribution in [2.24, 2.45) is 0 Å². The van der Waals surface area contributed by atoms with Crippen molar-refractivity contribution in [1.29, 1.82) is 0 Å². The molecule has 0 atom stereocenters. The van der Waals surface area contributed by atoms with Gasteiger partial charge in [-0.2, -0.15) is 0 Å². The number of morpholine rings is 1. The van der Waals surface area contributed by atoms with Crippen LogP contribution in [0.4, 0.5) is 22.0 Å². The summed E-state index contributed by atoms with van der Waals surface area (Å²) < 4.78 is 10.4. The molecule has 1 fully saturated rings. The zero-order chi connectivity index (χ0) is 24.6. The maximum absolute atomic E-state index is 12.4. The van der Waals surface area contributed by atoms with Crippen LogP contribution in [0.1, 0.15) is 17.3 Å². The van der Waals surface area contributed by atoms with Crippen LogP contribution < -0.4 is 15.5 Å². The summed E-state index contributed by atoms with van der Waals surface area (Å²) in [4.78, 5) is 36.7. The molecule has 2 aromatic carbocycles. The van der Waals surface area contributed by atoms with Gasteiger partial charge in [-0.25, -0.2) is 19.6 Å². The molecule has 0 spiro atoms. The van der Waals surface area contributed by atoms with Crippen LogP contribution in [0.25, 0.3) is 11.4 Å². The first-order chi connectivity index (χ1) is 17.1. The number of carbonyl (C=O) groups excluding carboxylic acids is 2. The van der Waals surface area contributed by atoms with Crippen molar-refractivity contribution in [2.45, 2.75) is 11.8 Å². The fourth-order valence-corrected chi connectivity index (χ4v) is 4.06. The van der Waals surface area contributed by atoms with E-state index in [-0.39, 0.29) is 0 Å². The molecular weight excluding hydrogens is 466 g/mol. The Bertz CT molecular complexity index is 1170. The van der Waals surface area contributed by atoms with Crippen molar-refractivity contribution < 1.29 is 19.1 Å². The van der Waals surface area contributed by atoms with Gasteiger partial charge in [0.15, 0.2) is 5.82 Å². The summed E-state index contributed by atoms with van der Waals surface area (Å²) in [5, 5.41) is 5.55. The van der Waals surface area contributed by atoms with Crippen LogP contribution in [0.5, 0.6) is 0 Å². The molecule has 0 bridgehead atoms. The Morgan fingerprint density at radius 1 is 1.03 bits per heavy atom. The number of hydrogen-bond acceptors (Lipinski definition) is 8. The van der Waals surface area contributed by atoms with Crippen molar-refractivity contribution in [3.05, 3.63) is 60.3 Å². The lowest BCUT2D eigenvalue weighted by atomic mass is 10.2. The summed E-state index contributed by atoms with van der Waals surface area (Å²) in [6, 6.07) is 13.5. The minimum Gasteiger partial charge on any atom is -0.462 e. The fourth-order valence-electron chi connectivity index (χ4n) is 3.55. The molecule has 4 rings (SSSR count). The smallest absolute Gasteiger partial charge is 0.338 e. The van der Waals surface area contributed by atoms with Gasteiger partial charge < -0.3 is 25.0 Å². The number of rotatable bonds is 7. The Kier molecular flexibility index (Phi) is 8.17. The largest absolute Gasteiger partial charge is 0.462 e. The van der Waals surface area contributed by atoms with Crippen molar-refractivity contribution in [3.8, 4) is 11.4 Å². The van der Waals surface area contributed by atoms with E-state index in [2.05, 4.69) is 20.5 Å². The van der Waals surface area contributed by atoms with Crippen LogP contribution in [-0.4, -0.2) is 61.1 Å². The average Bonchev–Trinajstić information content (AvgIpc) is 2.90. The topological polar surface area (TPSA) is 106 Å². The van der Waals surface area contributed by atoms with Gasteiger partial charge in [-0.1, -0.05) is 0 Å².